The second kappa shape index (κ2) is 5.94. The molecule has 4 N–H and O–H groups in total. The molecule has 0 aliphatic heterocycles. The maximum Gasteiger partial charge on any atom is 0.337 e. The number of carboxylic acid groups (broad SMARTS) is 1. The SMILES string of the molecule is CC(CC(=O)Nc1cc(N)ccc1C(=O)O)C(C)(C)C. The van der Waals surface area contributed by atoms with Gasteiger partial charge in [0, 0.05) is 12.1 Å². The predicted molar refractivity (Wildman–Crippen MR) is 79.7 cm³/mol. The van der Waals surface area contributed by atoms with Crippen molar-refractivity contribution in [1.82, 2.24) is 0 Å². The van der Waals surface area contributed by atoms with Crippen LogP contribution in [0.1, 0.15) is 44.5 Å². The fourth-order valence-corrected chi connectivity index (χ4v) is 1.64. The molecule has 0 aliphatic rings. The molecular formula is C15H22N2O3. The zero-order valence-electron chi connectivity index (χ0n) is 12.4. The van der Waals surface area contributed by atoms with E-state index in [0.717, 1.165) is 0 Å². The first-order chi connectivity index (χ1) is 9.11. The van der Waals surface area contributed by atoms with Crippen LogP contribution >= 0.6 is 0 Å². The van der Waals surface area contributed by atoms with E-state index in [1.54, 1.807) is 0 Å². The van der Waals surface area contributed by atoms with E-state index in [4.69, 9.17) is 10.8 Å². The highest BCUT2D eigenvalue weighted by atomic mass is 16.4. The second-order valence-corrected chi connectivity index (χ2v) is 6.13. The van der Waals surface area contributed by atoms with Gasteiger partial charge in [0.05, 0.1) is 11.3 Å². The molecule has 110 valence electrons. The van der Waals surface area contributed by atoms with Crippen LogP contribution in [0.2, 0.25) is 0 Å². The van der Waals surface area contributed by atoms with Gasteiger partial charge in [0.2, 0.25) is 5.91 Å². The number of hydrogen-bond donors (Lipinski definition) is 3. The second-order valence-electron chi connectivity index (χ2n) is 6.13. The molecule has 0 saturated heterocycles. The molecule has 0 aliphatic carbocycles. The normalized spacial score (nSPS) is 12.8. The van der Waals surface area contributed by atoms with E-state index in [9.17, 15) is 9.59 Å². The van der Waals surface area contributed by atoms with Gasteiger partial charge >= 0.3 is 5.97 Å². The number of carbonyl (C=O) groups is 2. The van der Waals surface area contributed by atoms with E-state index in [1.165, 1.54) is 18.2 Å². The van der Waals surface area contributed by atoms with Crippen molar-refractivity contribution < 1.29 is 14.7 Å². The molecule has 1 aromatic rings. The molecular weight excluding hydrogens is 256 g/mol. The standard InChI is InChI=1S/C15H22N2O3/c1-9(15(2,3)4)7-13(18)17-12-8-10(16)5-6-11(12)14(19)20/h5-6,8-9H,7,16H2,1-4H3,(H,17,18)(H,19,20). The van der Waals surface area contributed by atoms with Gasteiger partial charge in [-0.2, -0.15) is 0 Å². The maximum absolute atomic E-state index is 12.0. The third-order valence-electron chi connectivity index (χ3n) is 3.52. The van der Waals surface area contributed by atoms with Crippen LogP contribution in [0.15, 0.2) is 18.2 Å². The number of nitrogens with two attached hydrogens (primary N) is 1. The lowest BCUT2D eigenvalue weighted by Gasteiger charge is -2.26. The lowest BCUT2D eigenvalue weighted by molar-refractivity contribution is -0.117. The Morgan fingerprint density at radius 1 is 1.35 bits per heavy atom. The van der Waals surface area contributed by atoms with Crippen molar-refractivity contribution in [3.8, 4) is 0 Å². The van der Waals surface area contributed by atoms with Crippen molar-refractivity contribution in [3.05, 3.63) is 23.8 Å². The van der Waals surface area contributed by atoms with Crippen LogP contribution in [0.3, 0.4) is 0 Å². The summed E-state index contributed by atoms with van der Waals surface area (Å²) in [7, 11) is 0. The Hall–Kier alpha value is -2.04. The zero-order chi connectivity index (χ0) is 15.5. The minimum absolute atomic E-state index is 0.0166. The fourth-order valence-electron chi connectivity index (χ4n) is 1.64. The largest absolute Gasteiger partial charge is 0.478 e. The van der Waals surface area contributed by atoms with E-state index in [0.29, 0.717) is 12.1 Å². The van der Waals surface area contributed by atoms with Crippen molar-refractivity contribution in [1.29, 1.82) is 0 Å². The van der Waals surface area contributed by atoms with Crippen molar-refractivity contribution in [2.24, 2.45) is 11.3 Å². The maximum atomic E-state index is 12.0. The summed E-state index contributed by atoms with van der Waals surface area (Å²) in [6.07, 6.45) is 0.331. The number of benzene rings is 1. The summed E-state index contributed by atoms with van der Waals surface area (Å²) in [5.74, 6) is -1.12. The summed E-state index contributed by atoms with van der Waals surface area (Å²) in [6.45, 7) is 8.19. The minimum atomic E-state index is -1.09. The highest BCUT2D eigenvalue weighted by Crippen LogP contribution is 2.28. The summed E-state index contributed by atoms with van der Waals surface area (Å²) >= 11 is 0. The van der Waals surface area contributed by atoms with Gasteiger partial charge in [-0.25, -0.2) is 4.79 Å². The van der Waals surface area contributed by atoms with Crippen molar-refractivity contribution in [2.45, 2.75) is 34.1 Å². The molecule has 0 radical (unpaired) electrons. The van der Waals surface area contributed by atoms with Crippen LogP contribution in [-0.2, 0) is 4.79 Å². The topological polar surface area (TPSA) is 92.4 Å². The highest BCUT2D eigenvalue weighted by Gasteiger charge is 2.23. The molecule has 0 heterocycles. The number of carboxylic acids is 1. The smallest absolute Gasteiger partial charge is 0.337 e. The Bertz CT molecular complexity index is 518. The molecule has 1 unspecified atom stereocenters. The number of aromatic carboxylic acids is 1. The molecule has 1 atom stereocenters. The first kappa shape index (κ1) is 16.0. The van der Waals surface area contributed by atoms with Gasteiger partial charge in [0.1, 0.15) is 0 Å². The van der Waals surface area contributed by atoms with Crippen LogP contribution in [0.5, 0.6) is 0 Å². The molecule has 0 spiro atoms. The minimum Gasteiger partial charge on any atom is -0.478 e. The van der Waals surface area contributed by atoms with Crippen LogP contribution in [0, 0.1) is 11.3 Å². The van der Waals surface area contributed by atoms with Crippen LogP contribution in [0.25, 0.3) is 0 Å². The Kier molecular flexibility index (Phi) is 4.76. The van der Waals surface area contributed by atoms with Gasteiger partial charge in [-0.3, -0.25) is 4.79 Å². The quantitative estimate of drug-likeness (QED) is 0.738. The van der Waals surface area contributed by atoms with E-state index >= 15 is 0 Å². The zero-order valence-corrected chi connectivity index (χ0v) is 12.4. The number of nitrogens with one attached hydrogen (secondary N) is 1. The first-order valence-corrected chi connectivity index (χ1v) is 6.54. The van der Waals surface area contributed by atoms with E-state index in [1.807, 2.05) is 6.92 Å². The lowest BCUT2D eigenvalue weighted by atomic mass is 9.80. The number of amides is 1. The van der Waals surface area contributed by atoms with Crippen molar-refractivity contribution >= 4 is 23.3 Å². The summed E-state index contributed by atoms with van der Waals surface area (Å²) in [5.41, 5.74) is 6.33. The summed E-state index contributed by atoms with van der Waals surface area (Å²) in [5, 5.41) is 11.7. The molecule has 0 bridgehead atoms. The molecule has 5 heteroatoms. The Morgan fingerprint density at radius 3 is 2.45 bits per heavy atom. The van der Waals surface area contributed by atoms with E-state index in [-0.39, 0.29) is 28.5 Å². The molecule has 1 rings (SSSR count). The number of anilines is 2. The summed E-state index contributed by atoms with van der Waals surface area (Å²) < 4.78 is 0. The van der Waals surface area contributed by atoms with Crippen LogP contribution in [-0.4, -0.2) is 17.0 Å². The monoisotopic (exact) mass is 278 g/mol. The summed E-state index contributed by atoms with van der Waals surface area (Å²) in [4.78, 5) is 23.1. The predicted octanol–water partition coefficient (Wildman–Crippen LogP) is 2.98. The van der Waals surface area contributed by atoms with Gasteiger partial charge < -0.3 is 16.2 Å². The van der Waals surface area contributed by atoms with Gasteiger partial charge in [0.15, 0.2) is 0 Å². The van der Waals surface area contributed by atoms with Crippen molar-refractivity contribution in [2.75, 3.05) is 11.1 Å². The summed E-state index contributed by atoms with van der Waals surface area (Å²) in [6, 6.07) is 4.35. The van der Waals surface area contributed by atoms with Gasteiger partial charge in [-0.15, -0.1) is 0 Å². The Morgan fingerprint density at radius 2 is 1.95 bits per heavy atom. The van der Waals surface area contributed by atoms with Crippen LogP contribution < -0.4 is 11.1 Å². The number of rotatable bonds is 4. The molecule has 20 heavy (non-hydrogen) atoms. The van der Waals surface area contributed by atoms with Gasteiger partial charge in [-0.05, 0) is 29.5 Å². The number of hydrogen-bond acceptors (Lipinski definition) is 3. The molecule has 0 fully saturated rings. The fraction of sp³-hybridized carbons (Fsp3) is 0.467. The van der Waals surface area contributed by atoms with Gasteiger partial charge in [-0.1, -0.05) is 27.7 Å². The van der Waals surface area contributed by atoms with Gasteiger partial charge in [0.25, 0.3) is 0 Å². The average molecular weight is 278 g/mol. The molecule has 0 aromatic heterocycles. The highest BCUT2D eigenvalue weighted by molar-refractivity contribution is 6.01. The number of nitrogen functional groups attached to an aromatic ring is 1. The third-order valence-corrected chi connectivity index (χ3v) is 3.52. The van der Waals surface area contributed by atoms with E-state index in [2.05, 4.69) is 26.1 Å². The lowest BCUT2D eigenvalue weighted by Crippen LogP contribution is -2.24. The van der Waals surface area contributed by atoms with Crippen LogP contribution in [0.4, 0.5) is 11.4 Å². The third kappa shape index (κ3) is 4.26. The van der Waals surface area contributed by atoms with Crippen molar-refractivity contribution in [3.63, 3.8) is 0 Å². The molecule has 1 amide bonds. The average Bonchev–Trinajstić information content (AvgIpc) is 2.26. The number of carbonyl (C=O) groups excluding carboxylic acids is 1. The molecule has 0 saturated carbocycles. The first-order valence-electron chi connectivity index (χ1n) is 6.54. The molecule has 1 aromatic carbocycles. The van der Waals surface area contributed by atoms with E-state index < -0.39 is 5.97 Å². The Balaban J connectivity index is 2.86. The molecule has 5 nitrogen and oxygen atoms in total. The Labute approximate surface area is 119 Å².